The monoisotopic (exact) mass is 492 g/mol. The third-order valence-corrected chi connectivity index (χ3v) is 7.56. The number of hydrogen-bond acceptors (Lipinski definition) is 6. The van der Waals surface area contributed by atoms with Gasteiger partial charge in [-0.15, -0.1) is 0 Å². The van der Waals surface area contributed by atoms with Crippen LogP contribution in [0.1, 0.15) is 11.1 Å². The van der Waals surface area contributed by atoms with Crippen molar-refractivity contribution in [2.45, 2.75) is 22.6 Å². The van der Waals surface area contributed by atoms with Crippen LogP contribution in [0.3, 0.4) is 0 Å². The van der Waals surface area contributed by atoms with E-state index in [-0.39, 0.29) is 35.8 Å². The number of halogens is 2. The number of aliphatic hydroxyl groups excluding tert-OH is 2. The molecular weight excluding hydrogens is 476 g/mol. The van der Waals surface area contributed by atoms with Crippen LogP contribution in [-0.2, 0) is 22.7 Å². The Balaban J connectivity index is 2.77. The van der Waals surface area contributed by atoms with Crippen molar-refractivity contribution in [3.63, 3.8) is 0 Å². The summed E-state index contributed by atoms with van der Waals surface area (Å²) in [6, 6.07) is 5.84. The Bertz CT molecular complexity index is 834. The highest BCUT2D eigenvalue weighted by Crippen LogP contribution is 2.37. The molecule has 0 aliphatic rings. The SMILES string of the molecule is Nc1ccc(S(=O)(=O)c2ccc(N)c(Br)c2CCO)c(CCO)c1Br. The zero-order valence-corrected chi connectivity index (χ0v) is 17.2. The van der Waals surface area contributed by atoms with Gasteiger partial charge in [0.15, 0.2) is 0 Å². The highest BCUT2D eigenvalue weighted by molar-refractivity contribution is 9.11. The van der Waals surface area contributed by atoms with Crippen LogP contribution in [0.4, 0.5) is 11.4 Å². The second-order valence-corrected chi connectivity index (χ2v) is 8.81. The maximum absolute atomic E-state index is 13.3. The lowest BCUT2D eigenvalue weighted by Gasteiger charge is -2.17. The van der Waals surface area contributed by atoms with Gasteiger partial charge < -0.3 is 21.7 Å². The Morgan fingerprint density at radius 1 is 0.800 bits per heavy atom. The summed E-state index contributed by atoms with van der Waals surface area (Å²) in [6.45, 7) is -0.445. The van der Waals surface area contributed by atoms with Gasteiger partial charge in [0.1, 0.15) is 0 Å². The molecule has 2 rings (SSSR count). The van der Waals surface area contributed by atoms with E-state index in [9.17, 15) is 18.6 Å². The zero-order valence-electron chi connectivity index (χ0n) is 13.2. The van der Waals surface area contributed by atoms with Crippen LogP contribution in [-0.4, -0.2) is 31.8 Å². The Morgan fingerprint density at radius 2 is 1.16 bits per heavy atom. The molecule has 0 bridgehead atoms. The first kappa shape index (κ1) is 20.2. The van der Waals surface area contributed by atoms with Gasteiger partial charge in [0.05, 0.1) is 9.79 Å². The van der Waals surface area contributed by atoms with E-state index in [1.54, 1.807) is 0 Å². The van der Waals surface area contributed by atoms with E-state index in [2.05, 4.69) is 31.9 Å². The summed E-state index contributed by atoms with van der Waals surface area (Å²) in [5, 5.41) is 18.6. The summed E-state index contributed by atoms with van der Waals surface area (Å²) in [6.07, 6.45) is 0.261. The van der Waals surface area contributed by atoms with Crippen LogP contribution in [0.2, 0.25) is 0 Å². The minimum atomic E-state index is -3.92. The molecule has 0 fully saturated rings. The number of sulfone groups is 1. The van der Waals surface area contributed by atoms with Gasteiger partial charge in [0, 0.05) is 33.5 Å². The van der Waals surface area contributed by atoms with Gasteiger partial charge in [-0.25, -0.2) is 8.42 Å². The molecule has 0 aliphatic heterocycles. The molecule has 2 aromatic rings. The number of benzene rings is 2. The largest absolute Gasteiger partial charge is 0.398 e. The first-order valence-electron chi connectivity index (χ1n) is 7.36. The Hall–Kier alpha value is -1.13. The molecule has 0 saturated heterocycles. The minimum Gasteiger partial charge on any atom is -0.398 e. The van der Waals surface area contributed by atoms with E-state index in [1.165, 1.54) is 24.3 Å². The Kier molecular flexibility index (Phi) is 6.50. The van der Waals surface area contributed by atoms with E-state index in [1.807, 2.05) is 0 Å². The molecule has 0 radical (unpaired) electrons. The third-order valence-electron chi connectivity index (χ3n) is 3.76. The molecule has 0 heterocycles. The average molecular weight is 494 g/mol. The van der Waals surface area contributed by atoms with Crippen LogP contribution in [0.5, 0.6) is 0 Å². The quantitative estimate of drug-likeness (QED) is 0.457. The first-order chi connectivity index (χ1) is 11.8. The van der Waals surface area contributed by atoms with Gasteiger partial charge in [0.25, 0.3) is 0 Å². The lowest BCUT2D eigenvalue weighted by Crippen LogP contribution is -2.12. The molecule has 6 nitrogen and oxygen atoms in total. The number of hydrogen-bond donors (Lipinski definition) is 4. The van der Waals surface area contributed by atoms with Crippen LogP contribution < -0.4 is 11.5 Å². The summed E-state index contributed by atoms with van der Waals surface area (Å²) in [4.78, 5) is 0.108. The first-order valence-corrected chi connectivity index (χ1v) is 10.4. The molecule has 0 saturated carbocycles. The lowest BCUT2D eigenvalue weighted by molar-refractivity contribution is 0.298. The predicted octanol–water partition coefficient (Wildman–Crippen LogP) is 2.28. The molecule has 0 aromatic heterocycles. The molecule has 6 N–H and O–H groups in total. The summed E-state index contributed by atoms with van der Waals surface area (Å²) in [7, 11) is -3.92. The van der Waals surface area contributed by atoms with Crippen LogP contribution >= 0.6 is 31.9 Å². The number of rotatable bonds is 6. The van der Waals surface area contributed by atoms with Crippen LogP contribution in [0.15, 0.2) is 43.0 Å². The van der Waals surface area contributed by atoms with Crippen LogP contribution in [0.25, 0.3) is 0 Å². The van der Waals surface area contributed by atoms with E-state index >= 15 is 0 Å². The van der Waals surface area contributed by atoms with Gasteiger partial charge in [-0.1, -0.05) is 0 Å². The fraction of sp³-hybridized carbons (Fsp3) is 0.250. The third kappa shape index (κ3) is 3.85. The number of nitrogens with two attached hydrogens (primary N) is 2. The maximum atomic E-state index is 13.3. The maximum Gasteiger partial charge on any atom is 0.207 e. The highest BCUT2D eigenvalue weighted by Gasteiger charge is 2.27. The van der Waals surface area contributed by atoms with E-state index in [4.69, 9.17) is 11.5 Å². The van der Waals surface area contributed by atoms with Crippen molar-refractivity contribution in [2.24, 2.45) is 0 Å². The number of aliphatic hydroxyl groups is 2. The molecular formula is C16H18Br2N2O4S. The molecule has 136 valence electrons. The van der Waals surface area contributed by atoms with Crippen molar-refractivity contribution >= 4 is 53.1 Å². The van der Waals surface area contributed by atoms with Crippen molar-refractivity contribution in [2.75, 3.05) is 24.7 Å². The fourth-order valence-electron chi connectivity index (χ4n) is 2.55. The number of nitrogen functional groups attached to an aromatic ring is 2. The summed E-state index contributed by atoms with van der Waals surface area (Å²) < 4.78 is 27.4. The Labute approximate surface area is 163 Å². The van der Waals surface area contributed by atoms with Crippen molar-refractivity contribution in [1.29, 1.82) is 0 Å². The molecule has 25 heavy (non-hydrogen) atoms. The van der Waals surface area contributed by atoms with Crippen molar-refractivity contribution in [1.82, 2.24) is 0 Å². The lowest BCUT2D eigenvalue weighted by atomic mass is 10.1. The average Bonchev–Trinajstić information content (AvgIpc) is 2.56. The van der Waals surface area contributed by atoms with Gasteiger partial charge in [0.2, 0.25) is 9.84 Å². The predicted molar refractivity (Wildman–Crippen MR) is 104 cm³/mol. The molecule has 0 amide bonds. The van der Waals surface area contributed by atoms with E-state index < -0.39 is 9.84 Å². The fourth-order valence-corrected chi connectivity index (χ4v) is 5.69. The number of anilines is 2. The van der Waals surface area contributed by atoms with Gasteiger partial charge in [-0.3, -0.25) is 0 Å². The molecule has 0 spiro atoms. The smallest absolute Gasteiger partial charge is 0.207 e. The van der Waals surface area contributed by atoms with E-state index in [0.717, 1.165) is 0 Å². The molecule has 0 aliphatic carbocycles. The highest BCUT2D eigenvalue weighted by atomic mass is 79.9. The van der Waals surface area contributed by atoms with Crippen molar-refractivity contribution in [3.8, 4) is 0 Å². The molecule has 0 unspecified atom stereocenters. The summed E-state index contributed by atoms with van der Waals surface area (Å²) >= 11 is 6.61. The van der Waals surface area contributed by atoms with Gasteiger partial charge >= 0.3 is 0 Å². The minimum absolute atomic E-state index is 0.0542. The second-order valence-electron chi connectivity index (χ2n) is 5.34. The van der Waals surface area contributed by atoms with Crippen molar-refractivity contribution < 1.29 is 18.6 Å². The summed E-state index contributed by atoms with van der Waals surface area (Å²) in [5.41, 5.74) is 13.3. The molecule has 0 atom stereocenters. The van der Waals surface area contributed by atoms with Gasteiger partial charge in [-0.2, -0.15) is 0 Å². The van der Waals surface area contributed by atoms with Crippen LogP contribution in [0, 0.1) is 0 Å². The zero-order chi connectivity index (χ0) is 18.8. The topological polar surface area (TPSA) is 127 Å². The molecule has 2 aromatic carbocycles. The molecule has 9 heteroatoms. The van der Waals surface area contributed by atoms with E-state index in [0.29, 0.717) is 31.4 Å². The standard InChI is InChI=1S/C16H18Br2N2O4S/c17-15-9(5-7-21)13(3-1-11(15)19)25(23,24)14-4-2-12(20)16(18)10(14)6-8-22/h1-4,21-22H,5-8,19-20H2. The summed E-state index contributed by atoms with van der Waals surface area (Å²) in [5.74, 6) is 0. The van der Waals surface area contributed by atoms with Crippen molar-refractivity contribution in [3.05, 3.63) is 44.3 Å². The van der Waals surface area contributed by atoms with Gasteiger partial charge in [-0.05, 0) is 80.1 Å². The normalized spacial score (nSPS) is 11.7. The Morgan fingerprint density at radius 3 is 1.48 bits per heavy atom. The second kappa shape index (κ2) is 8.05.